The Morgan fingerprint density at radius 3 is 2.17 bits per heavy atom. The molecule has 0 atom stereocenters. The van der Waals surface area contributed by atoms with E-state index in [0.717, 1.165) is 6.07 Å². The molecule has 0 aliphatic rings. The Bertz CT molecular complexity index is 1400. The lowest BCUT2D eigenvalue weighted by Gasteiger charge is -2.12. The average Bonchev–Trinajstić information content (AvgIpc) is 2.84. The zero-order valence-corrected chi connectivity index (χ0v) is 19.1. The number of aromatic nitrogens is 4. The zero-order valence-electron chi connectivity index (χ0n) is 18.4. The van der Waals surface area contributed by atoms with Gasteiger partial charge in [0.05, 0.1) is 12.1 Å². The van der Waals surface area contributed by atoms with Gasteiger partial charge in [0.25, 0.3) is 5.56 Å². The van der Waals surface area contributed by atoms with Crippen LogP contribution in [0.15, 0.2) is 65.8 Å². The normalized spacial score (nSPS) is 11.1. The Labute approximate surface area is 206 Å². The van der Waals surface area contributed by atoms with Crippen molar-refractivity contribution >= 4 is 11.6 Å². The van der Waals surface area contributed by atoms with Crippen LogP contribution in [0.25, 0.3) is 0 Å². The van der Waals surface area contributed by atoms with E-state index >= 15 is 0 Å². The van der Waals surface area contributed by atoms with Gasteiger partial charge >= 0.3 is 18.4 Å². The topological polar surface area (TPSA) is 108 Å². The number of rotatable bonds is 8. The number of hydrogen-bond donors (Lipinski definition) is 1. The predicted octanol–water partition coefficient (Wildman–Crippen LogP) is 5.30. The molecule has 13 heteroatoms. The highest BCUT2D eigenvalue weighted by atomic mass is 35.5. The first kappa shape index (κ1) is 24.8. The number of aromatic amines is 1. The van der Waals surface area contributed by atoms with Gasteiger partial charge in [-0.2, -0.15) is 0 Å². The number of nitrogens with zero attached hydrogens (tertiary/aromatic N) is 3. The number of hydrogen-bond acceptors (Lipinski definition) is 8. The SMILES string of the molecule is COc1ncc(Cc2cnc(Oc3ccc(Oc4ccc(Cl)c(OC(F)(F)F)c4)cc3)[nH]c2=O)cn1. The number of methoxy groups -OCH3 is 1. The monoisotopic (exact) mass is 520 g/mol. The van der Waals surface area contributed by atoms with Crippen LogP contribution in [0, 0.1) is 0 Å². The lowest BCUT2D eigenvalue weighted by molar-refractivity contribution is -0.274. The number of benzene rings is 2. The number of halogens is 4. The Morgan fingerprint density at radius 2 is 1.56 bits per heavy atom. The molecule has 36 heavy (non-hydrogen) atoms. The third-order valence-corrected chi connectivity index (χ3v) is 4.82. The lowest BCUT2D eigenvalue weighted by Crippen LogP contribution is -2.17. The Balaban J connectivity index is 1.39. The van der Waals surface area contributed by atoms with Crippen LogP contribution in [0.2, 0.25) is 5.02 Å². The van der Waals surface area contributed by atoms with E-state index in [1.54, 1.807) is 12.4 Å². The van der Waals surface area contributed by atoms with Crippen LogP contribution >= 0.6 is 11.6 Å². The molecular weight excluding hydrogens is 505 g/mol. The highest BCUT2D eigenvalue weighted by Crippen LogP contribution is 2.35. The molecule has 2 aromatic carbocycles. The molecule has 0 bridgehead atoms. The van der Waals surface area contributed by atoms with Crippen LogP contribution in [-0.4, -0.2) is 33.4 Å². The van der Waals surface area contributed by atoms with E-state index in [2.05, 4.69) is 24.7 Å². The van der Waals surface area contributed by atoms with Crippen molar-refractivity contribution in [2.24, 2.45) is 0 Å². The van der Waals surface area contributed by atoms with E-state index in [4.69, 9.17) is 25.8 Å². The summed E-state index contributed by atoms with van der Waals surface area (Å²) in [6, 6.07) is 9.92. The summed E-state index contributed by atoms with van der Waals surface area (Å²) in [6.07, 6.45) is -0.143. The molecule has 2 aromatic heterocycles. The van der Waals surface area contributed by atoms with Crippen LogP contribution in [0.1, 0.15) is 11.1 Å². The van der Waals surface area contributed by atoms with E-state index in [-0.39, 0.29) is 29.2 Å². The molecule has 186 valence electrons. The van der Waals surface area contributed by atoms with Crippen molar-refractivity contribution in [2.75, 3.05) is 7.11 Å². The molecule has 0 radical (unpaired) electrons. The summed E-state index contributed by atoms with van der Waals surface area (Å²) in [6.45, 7) is 0. The lowest BCUT2D eigenvalue weighted by atomic mass is 10.1. The second-order valence-electron chi connectivity index (χ2n) is 7.11. The molecule has 0 spiro atoms. The molecule has 0 aliphatic heterocycles. The summed E-state index contributed by atoms with van der Waals surface area (Å²) >= 11 is 5.74. The molecule has 0 saturated carbocycles. The second kappa shape index (κ2) is 10.5. The van der Waals surface area contributed by atoms with Gasteiger partial charge in [0, 0.05) is 36.6 Å². The summed E-state index contributed by atoms with van der Waals surface area (Å²) in [4.78, 5) is 27.0. The number of H-pyrrole nitrogens is 1. The molecule has 4 rings (SSSR count). The molecule has 4 aromatic rings. The van der Waals surface area contributed by atoms with Gasteiger partial charge in [-0.1, -0.05) is 11.6 Å². The van der Waals surface area contributed by atoms with Crippen LogP contribution < -0.4 is 24.5 Å². The standard InChI is InChI=1S/C23H16ClF3N4O5/c1-33-21-28-10-13(11-29-21)8-14-12-30-22(31-20(14)32)35-16-4-2-15(3-5-16)34-17-6-7-18(24)19(9-17)36-23(25,26)27/h2-7,9-12H,8H2,1H3,(H,30,31,32). The van der Waals surface area contributed by atoms with Crippen molar-refractivity contribution in [3.63, 3.8) is 0 Å². The highest BCUT2D eigenvalue weighted by molar-refractivity contribution is 6.32. The van der Waals surface area contributed by atoms with Gasteiger partial charge < -0.3 is 18.9 Å². The summed E-state index contributed by atoms with van der Waals surface area (Å²) in [5.41, 5.74) is 0.692. The first-order valence-electron chi connectivity index (χ1n) is 10.1. The summed E-state index contributed by atoms with van der Waals surface area (Å²) in [7, 11) is 1.45. The van der Waals surface area contributed by atoms with Crippen LogP contribution in [0.3, 0.4) is 0 Å². The van der Waals surface area contributed by atoms with Crippen molar-refractivity contribution in [3.05, 3.63) is 87.6 Å². The second-order valence-corrected chi connectivity index (χ2v) is 7.52. The Kier molecular flexibility index (Phi) is 7.25. The maximum Gasteiger partial charge on any atom is 0.573 e. The van der Waals surface area contributed by atoms with E-state index < -0.39 is 17.7 Å². The number of ether oxygens (including phenoxy) is 4. The zero-order chi connectivity index (χ0) is 25.7. The maximum absolute atomic E-state index is 12.5. The fourth-order valence-corrected chi connectivity index (χ4v) is 3.07. The minimum Gasteiger partial charge on any atom is -0.467 e. The van der Waals surface area contributed by atoms with E-state index in [1.807, 2.05) is 0 Å². The van der Waals surface area contributed by atoms with Gasteiger partial charge in [-0.15, -0.1) is 13.2 Å². The summed E-state index contributed by atoms with van der Waals surface area (Å²) in [5, 5.41) is -0.215. The van der Waals surface area contributed by atoms with Crippen molar-refractivity contribution in [2.45, 2.75) is 12.8 Å². The largest absolute Gasteiger partial charge is 0.573 e. The van der Waals surface area contributed by atoms with Crippen LogP contribution in [0.4, 0.5) is 13.2 Å². The summed E-state index contributed by atoms with van der Waals surface area (Å²) < 4.78 is 57.4. The Morgan fingerprint density at radius 1 is 0.917 bits per heavy atom. The molecule has 2 heterocycles. The van der Waals surface area contributed by atoms with Crippen LogP contribution in [-0.2, 0) is 6.42 Å². The van der Waals surface area contributed by atoms with Crippen molar-refractivity contribution in [1.29, 1.82) is 0 Å². The minimum absolute atomic E-state index is 0.0324. The first-order chi connectivity index (χ1) is 17.2. The van der Waals surface area contributed by atoms with E-state index in [0.29, 0.717) is 22.6 Å². The van der Waals surface area contributed by atoms with Gasteiger partial charge in [0.15, 0.2) is 5.75 Å². The molecule has 0 amide bonds. The van der Waals surface area contributed by atoms with Gasteiger partial charge in [-0.3, -0.25) is 9.78 Å². The highest BCUT2D eigenvalue weighted by Gasteiger charge is 2.32. The van der Waals surface area contributed by atoms with E-state index in [1.165, 1.54) is 49.7 Å². The summed E-state index contributed by atoms with van der Waals surface area (Å²) in [5.74, 6) is 0.135. The maximum atomic E-state index is 12.5. The molecule has 0 unspecified atom stereocenters. The fraction of sp³-hybridized carbons (Fsp3) is 0.130. The molecular formula is C23H16ClF3N4O5. The molecule has 0 fully saturated rings. The Hall–Kier alpha value is -4.32. The third-order valence-electron chi connectivity index (χ3n) is 4.51. The van der Waals surface area contributed by atoms with Gasteiger partial charge in [-0.25, -0.2) is 15.0 Å². The molecule has 1 N–H and O–H groups in total. The van der Waals surface area contributed by atoms with Crippen molar-refractivity contribution < 1.29 is 32.1 Å². The quantitative estimate of drug-likeness (QED) is 0.333. The van der Waals surface area contributed by atoms with Gasteiger partial charge in [0.2, 0.25) is 0 Å². The van der Waals surface area contributed by atoms with Crippen molar-refractivity contribution in [3.8, 4) is 35.0 Å². The van der Waals surface area contributed by atoms with Gasteiger partial charge in [-0.05, 0) is 42.0 Å². The number of alkyl halides is 3. The fourth-order valence-electron chi connectivity index (χ4n) is 2.92. The number of nitrogens with one attached hydrogen (secondary N) is 1. The molecule has 9 nitrogen and oxygen atoms in total. The van der Waals surface area contributed by atoms with Gasteiger partial charge in [0.1, 0.15) is 17.2 Å². The minimum atomic E-state index is -4.89. The average molecular weight is 521 g/mol. The van der Waals surface area contributed by atoms with Crippen molar-refractivity contribution in [1.82, 2.24) is 19.9 Å². The smallest absolute Gasteiger partial charge is 0.467 e. The molecule has 0 aliphatic carbocycles. The predicted molar refractivity (Wildman–Crippen MR) is 121 cm³/mol. The van der Waals surface area contributed by atoms with Crippen LogP contribution in [0.5, 0.6) is 35.0 Å². The molecule has 0 saturated heterocycles. The first-order valence-corrected chi connectivity index (χ1v) is 10.5. The third kappa shape index (κ3) is 6.63. The van der Waals surface area contributed by atoms with E-state index in [9.17, 15) is 18.0 Å².